The number of carbonyl (C=O) groups excluding carboxylic acids is 2. The number of carbonyl (C=O) groups is 2. The van der Waals surface area contributed by atoms with Crippen LogP contribution in [0.25, 0.3) is 11.0 Å². The van der Waals surface area contributed by atoms with E-state index < -0.39 is 17.9 Å². The summed E-state index contributed by atoms with van der Waals surface area (Å²) in [6, 6.07) is 13.7. The molecule has 7 nitrogen and oxygen atoms in total. The van der Waals surface area contributed by atoms with E-state index in [-0.39, 0.29) is 16.8 Å². The van der Waals surface area contributed by atoms with E-state index in [0.717, 1.165) is 20.5 Å². The van der Waals surface area contributed by atoms with Crippen LogP contribution in [0.15, 0.2) is 57.7 Å². The van der Waals surface area contributed by atoms with Crippen LogP contribution in [0.2, 0.25) is 0 Å². The maximum absolute atomic E-state index is 13.5. The molecule has 0 radical (unpaired) electrons. The molecule has 1 amide bonds. The molecule has 160 valence electrons. The number of benzene rings is 2. The number of para-hydroxylation sites is 1. The van der Waals surface area contributed by atoms with Crippen molar-refractivity contribution in [3.05, 3.63) is 89.8 Å². The Bertz CT molecular complexity index is 1460. The zero-order valence-electron chi connectivity index (χ0n) is 16.9. The SMILES string of the molecule is COC(=O)c1sc(N2C(=O)c3oc4ccccc4c(=O)c3C2c2ccc(I)cc2)nc1C. The summed E-state index contributed by atoms with van der Waals surface area (Å²) in [5.74, 6) is -1.01. The van der Waals surface area contributed by atoms with E-state index in [9.17, 15) is 14.4 Å². The van der Waals surface area contributed by atoms with Crippen LogP contribution < -0.4 is 10.3 Å². The number of nitrogens with zero attached hydrogens (tertiary/aromatic N) is 2. The van der Waals surface area contributed by atoms with Gasteiger partial charge in [-0.15, -0.1) is 0 Å². The van der Waals surface area contributed by atoms with Gasteiger partial charge in [-0.3, -0.25) is 14.5 Å². The van der Waals surface area contributed by atoms with Crippen LogP contribution in [0.3, 0.4) is 0 Å². The molecular formula is C23H15IN2O5S. The Hall–Kier alpha value is -3.05. The van der Waals surface area contributed by atoms with Crippen molar-refractivity contribution >= 4 is 61.9 Å². The quantitative estimate of drug-likeness (QED) is 0.268. The summed E-state index contributed by atoms with van der Waals surface area (Å²) in [6.45, 7) is 1.68. The summed E-state index contributed by atoms with van der Waals surface area (Å²) in [6.07, 6.45) is 0. The molecule has 1 atom stereocenters. The first kappa shape index (κ1) is 20.8. The lowest BCUT2D eigenvalue weighted by Gasteiger charge is -2.22. The van der Waals surface area contributed by atoms with Gasteiger partial charge in [0.2, 0.25) is 5.76 Å². The number of rotatable bonds is 3. The van der Waals surface area contributed by atoms with Crippen LogP contribution in [0.5, 0.6) is 0 Å². The Morgan fingerprint density at radius 2 is 1.88 bits per heavy atom. The predicted molar refractivity (Wildman–Crippen MR) is 128 cm³/mol. The second-order valence-electron chi connectivity index (χ2n) is 7.20. The molecule has 2 aromatic heterocycles. The second-order valence-corrected chi connectivity index (χ2v) is 9.43. The van der Waals surface area contributed by atoms with Gasteiger partial charge in [-0.05, 0) is 59.3 Å². The molecule has 0 aliphatic carbocycles. The first-order valence-electron chi connectivity index (χ1n) is 9.61. The fourth-order valence-corrected chi connectivity index (χ4v) is 5.22. The number of halogens is 1. The molecule has 1 aliphatic rings. The molecule has 1 unspecified atom stereocenters. The predicted octanol–water partition coefficient (Wildman–Crippen LogP) is 4.70. The number of hydrogen-bond acceptors (Lipinski definition) is 7. The van der Waals surface area contributed by atoms with Gasteiger partial charge in [0, 0.05) is 3.57 Å². The van der Waals surface area contributed by atoms with Crippen LogP contribution in [0, 0.1) is 10.5 Å². The van der Waals surface area contributed by atoms with Crippen LogP contribution >= 0.6 is 33.9 Å². The average molecular weight is 558 g/mol. The number of thiazole rings is 1. The Kier molecular flexibility index (Phi) is 5.09. The number of aromatic nitrogens is 1. The monoisotopic (exact) mass is 558 g/mol. The number of aryl methyl sites for hydroxylation is 1. The third kappa shape index (κ3) is 3.15. The molecule has 0 saturated carbocycles. The number of fused-ring (bicyclic) bond motifs is 2. The maximum atomic E-state index is 13.5. The van der Waals surface area contributed by atoms with E-state index in [4.69, 9.17) is 9.15 Å². The van der Waals surface area contributed by atoms with E-state index in [0.29, 0.717) is 26.7 Å². The third-order valence-electron chi connectivity index (χ3n) is 5.33. The first-order valence-corrected chi connectivity index (χ1v) is 11.5. The van der Waals surface area contributed by atoms with Gasteiger partial charge in [0.25, 0.3) is 5.91 Å². The van der Waals surface area contributed by atoms with Crippen molar-refractivity contribution in [2.45, 2.75) is 13.0 Å². The highest BCUT2D eigenvalue weighted by Crippen LogP contribution is 2.43. The molecule has 0 saturated heterocycles. The van der Waals surface area contributed by atoms with Gasteiger partial charge >= 0.3 is 5.97 Å². The van der Waals surface area contributed by atoms with Crippen molar-refractivity contribution in [1.82, 2.24) is 4.98 Å². The van der Waals surface area contributed by atoms with Crippen LogP contribution in [0.1, 0.15) is 43.1 Å². The van der Waals surface area contributed by atoms with Gasteiger partial charge in [0.1, 0.15) is 10.5 Å². The second kappa shape index (κ2) is 7.82. The highest BCUT2D eigenvalue weighted by atomic mass is 127. The normalized spacial score (nSPS) is 15.3. The van der Waals surface area contributed by atoms with Gasteiger partial charge in [-0.2, -0.15) is 0 Å². The van der Waals surface area contributed by atoms with Crippen molar-refractivity contribution in [2.24, 2.45) is 0 Å². The molecule has 3 heterocycles. The summed E-state index contributed by atoms with van der Waals surface area (Å²) < 4.78 is 11.8. The first-order chi connectivity index (χ1) is 15.4. The van der Waals surface area contributed by atoms with Crippen molar-refractivity contribution < 1.29 is 18.7 Å². The van der Waals surface area contributed by atoms with Gasteiger partial charge in [-0.1, -0.05) is 35.6 Å². The number of hydrogen-bond donors (Lipinski definition) is 0. The molecule has 0 N–H and O–H groups in total. The van der Waals surface area contributed by atoms with Crippen LogP contribution in [-0.4, -0.2) is 24.0 Å². The fraction of sp³-hybridized carbons (Fsp3) is 0.130. The lowest BCUT2D eigenvalue weighted by atomic mass is 9.99. The molecule has 9 heteroatoms. The molecule has 0 fully saturated rings. The Balaban J connectivity index is 1.78. The molecular weight excluding hydrogens is 543 g/mol. The van der Waals surface area contributed by atoms with E-state index in [1.165, 1.54) is 12.0 Å². The fourth-order valence-electron chi connectivity index (χ4n) is 3.84. The Morgan fingerprint density at radius 3 is 2.59 bits per heavy atom. The maximum Gasteiger partial charge on any atom is 0.350 e. The highest BCUT2D eigenvalue weighted by molar-refractivity contribution is 14.1. The number of anilines is 1. The summed E-state index contributed by atoms with van der Waals surface area (Å²) in [5.41, 5.74) is 1.54. The topological polar surface area (TPSA) is 89.7 Å². The number of esters is 1. The Morgan fingerprint density at radius 1 is 1.16 bits per heavy atom. The summed E-state index contributed by atoms with van der Waals surface area (Å²) >= 11 is 3.25. The van der Waals surface area contributed by atoms with Gasteiger partial charge < -0.3 is 9.15 Å². The zero-order chi connectivity index (χ0) is 22.6. The average Bonchev–Trinajstić information content (AvgIpc) is 3.31. The summed E-state index contributed by atoms with van der Waals surface area (Å²) in [5, 5.41) is 0.702. The van der Waals surface area contributed by atoms with Gasteiger partial charge in [0.15, 0.2) is 10.6 Å². The summed E-state index contributed by atoms with van der Waals surface area (Å²) in [4.78, 5) is 45.4. The van der Waals surface area contributed by atoms with Crippen molar-refractivity contribution in [3.63, 3.8) is 0 Å². The lowest BCUT2D eigenvalue weighted by molar-refractivity contribution is 0.0605. The smallest absolute Gasteiger partial charge is 0.350 e. The molecule has 4 aromatic rings. The van der Waals surface area contributed by atoms with Gasteiger partial charge in [0.05, 0.1) is 29.8 Å². The minimum Gasteiger partial charge on any atom is -0.465 e. The van der Waals surface area contributed by atoms with Crippen LogP contribution in [0.4, 0.5) is 5.13 Å². The minimum atomic E-state index is -0.730. The lowest BCUT2D eigenvalue weighted by Crippen LogP contribution is -2.29. The largest absolute Gasteiger partial charge is 0.465 e. The highest BCUT2D eigenvalue weighted by Gasteiger charge is 2.45. The molecule has 32 heavy (non-hydrogen) atoms. The number of amides is 1. The molecule has 0 spiro atoms. The van der Waals surface area contributed by atoms with Crippen molar-refractivity contribution in [3.8, 4) is 0 Å². The van der Waals surface area contributed by atoms with Gasteiger partial charge in [-0.25, -0.2) is 9.78 Å². The van der Waals surface area contributed by atoms with E-state index in [1.807, 2.05) is 24.3 Å². The van der Waals surface area contributed by atoms with E-state index >= 15 is 0 Å². The molecule has 5 rings (SSSR count). The molecule has 0 bridgehead atoms. The van der Waals surface area contributed by atoms with E-state index in [2.05, 4.69) is 27.6 Å². The summed E-state index contributed by atoms with van der Waals surface area (Å²) in [7, 11) is 1.29. The minimum absolute atomic E-state index is 0.00952. The number of ether oxygens (including phenoxy) is 1. The molecule has 2 aromatic carbocycles. The Labute approximate surface area is 199 Å². The molecule has 1 aliphatic heterocycles. The standard InChI is InChI=1S/C23H15IN2O5S/c1-11-20(22(29)30-2)32-23(25-11)26-17(12-7-9-13(24)10-8-12)16-18(27)14-5-3-4-6-15(14)31-19(16)21(26)28/h3-10,17H,1-2H3. The van der Waals surface area contributed by atoms with Crippen molar-refractivity contribution in [1.29, 1.82) is 0 Å². The third-order valence-corrected chi connectivity index (χ3v) is 7.18. The van der Waals surface area contributed by atoms with Crippen LogP contribution in [-0.2, 0) is 4.74 Å². The van der Waals surface area contributed by atoms with E-state index in [1.54, 1.807) is 31.2 Å². The van der Waals surface area contributed by atoms with Crippen molar-refractivity contribution in [2.75, 3.05) is 12.0 Å². The number of methoxy groups -OCH3 is 1. The zero-order valence-corrected chi connectivity index (χ0v) is 19.9.